The van der Waals surface area contributed by atoms with Gasteiger partial charge in [-0.15, -0.1) is 0 Å². The summed E-state index contributed by atoms with van der Waals surface area (Å²) in [5.74, 6) is -0.316. The summed E-state index contributed by atoms with van der Waals surface area (Å²) in [6.45, 7) is 5.12. The molecule has 5 nitrogen and oxygen atoms in total. The van der Waals surface area contributed by atoms with Gasteiger partial charge in [-0.25, -0.2) is 4.79 Å². The van der Waals surface area contributed by atoms with E-state index in [1.165, 1.54) is 4.90 Å². The second-order valence-electron chi connectivity index (χ2n) is 6.67. The predicted molar refractivity (Wildman–Crippen MR) is 99.3 cm³/mol. The quantitative estimate of drug-likeness (QED) is 0.761. The molecule has 0 aliphatic carbocycles. The van der Waals surface area contributed by atoms with Crippen molar-refractivity contribution in [2.75, 3.05) is 4.90 Å². The first-order valence-electron chi connectivity index (χ1n) is 8.32. The highest BCUT2D eigenvalue weighted by Gasteiger charge is 2.44. The molecule has 2 aromatic rings. The number of amides is 1. The molecular formula is C20H20ClNO4. The smallest absolute Gasteiger partial charge is 0.329 e. The van der Waals surface area contributed by atoms with Crippen LogP contribution in [0.15, 0.2) is 48.5 Å². The van der Waals surface area contributed by atoms with Crippen molar-refractivity contribution in [1.82, 2.24) is 0 Å². The third-order valence-corrected chi connectivity index (χ3v) is 4.47. The largest absolute Gasteiger partial charge is 0.476 e. The van der Waals surface area contributed by atoms with Gasteiger partial charge >= 0.3 is 5.97 Å². The lowest BCUT2D eigenvalue weighted by Gasteiger charge is -2.40. The molecule has 0 saturated carbocycles. The molecule has 0 aromatic heterocycles. The second kappa shape index (κ2) is 7.00. The zero-order chi connectivity index (χ0) is 18.9. The second-order valence-corrected chi connectivity index (χ2v) is 7.11. The number of rotatable bonds is 4. The topological polar surface area (TPSA) is 55.8 Å². The third-order valence-electron chi connectivity index (χ3n) is 4.23. The number of anilines is 1. The monoisotopic (exact) mass is 373 g/mol. The number of fused-ring (bicyclic) bond motifs is 1. The normalized spacial score (nSPS) is 16.5. The Hall–Kier alpha value is -2.53. The summed E-state index contributed by atoms with van der Waals surface area (Å²) in [7, 11) is 0. The maximum atomic E-state index is 12.9. The molecule has 0 saturated heterocycles. The summed E-state index contributed by atoms with van der Waals surface area (Å²) < 4.78 is 11.2. The first-order valence-corrected chi connectivity index (χ1v) is 8.70. The molecule has 0 radical (unpaired) electrons. The number of hydrogen-bond acceptors (Lipinski definition) is 4. The average Bonchev–Trinajstić information content (AvgIpc) is 2.61. The maximum absolute atomic E-state index is 12.9. The van der Waals surface area contributed by atoms with Crippen molar-refractivity contribution in [3.63, 3.8) is 0 Å². The summed E-state index contributed by atoms with van der Waals surface area (Å²) in [6.07, 6.45) is 0. The van der Waals surface area contributed by atoms with Crippen LogP contribution in [0.25, 0.3) is 0 Å². The first-order chi connectivity index (χ1) is 12.3. The van der Waals surface area contributed by atoms with E-state index >= 15 is 0 Å². The molecule has 0 bridgehead atoms. The SMILES string of the molecule is CC(C(=O)OCc1ccccc1)N1C(=O)C(C)(C)Oc2ccc(Cl)cc21. The van der Waals surface area contributed by atoms with Crippen LogP contribution < -0.4 is 9.64 Å². The van der Waals surface area contributed by atoms with E-state index in [-0.39, 0.29) is 12.5 Å². The summed E-state index contributed by atoms with van der Waals surface area (Å²) in [5, 5.41) is 0.453. The van der Waals surface area contributed by atoms with E-state index < -0.39 is 17.6 Å². The Morgan fingerprint density at radius 1 is 1.23 bits per heavy atom. The number of halogens is 1. The van der Waals surface area contributed by atoms with Gasteiger partial charge in [-0.1, -0.05) is 41.9 Å². The van der Waals surface area contributed by atoms with Crippen molar-refractivity contribution >= 4 is 29.2 Å². The Morgan fingerprint density at radius 3 is 2.62 bits per heavy atom. The van der Waals surface area contributed by atoms with E-state index in [2.05, 4.69) is 0 Å². The molecule has 6 heteroatoms. The van der Waals surface area contributed by atoms with Crippen LogP contribution in [0.5, 0.6) is 5.75 Å². The van der Waals surface area contributed by atoms with Crippen LogP contribution in [0.2, 0.25) is 5.02 Å². The number of hydrogen-bond donors (Lipinski definition) is 0. The Morgan fingerprint density at radius 2 is 1.92 bits per heavy atom. The molecule has 0 fully saturated rings. The van der Waals surface area contributed by atoms with Gasteiger partial charge in [0.1, 0.15) is 18.4 Å². The van der Waals surface area contributed by atoms with Crippen LogP contribution in [-0.2, 0) is 20.9 Å². The van der Waals surface area contributed by atoms with Crippen molar-refractivity contribution < 1.29 is 19.1 Å². The zero-order valence-corrected chi connectivity index (χ0v) is 15.6. The highest BCUT2D eigenvalue weighted by atomic mass is 35.5. The Labute approximate surface area is 157 Å². The highest BCUT2D eigenvalue weighted by Crippen LogP contribution is 2.40. The number of carbonyl (C=O) groups is 2. The Balaban J connectivity index is 1.85. The molecule has 3 rings (SSSR count). The van der Waals surface area contributed by atoms with Crippen LogP contribution in [0, 0.1) is 0 Å². The van der Waals surface area contributed by atoms with Gasteiger partial charge < -0.3 is 9.47 Å². The van der Waals surface area contributed by atoms with Gasteiger partial charge in [0.05, 0.1) is 5.69 Å². The Bertz CT molecular complexity index is 835. The fourth-order valence-corrected chi connectivity index (χ4v) is 2.99. The molecular weight excluding hydrogens is 354 g/mol. The van der Waals surface area contributed by atoms with Crippen molar-refractivity contribution in [3.05, 3.63) is 59.1 Å². The van der Waals surface area contributed by atoms with E-state index in [0.29, 0.717) is 16.5 Å². The van der Waals surface area contributed by atoms with E-state index in [1.807, 2.05) is 30.3 Å². The highest BCUT2D eigenvalue weighted by molar-refractivity contribution is 6.31. The summed E-state index contributed by atoms with van der Waals surface area (Å²) >= 11 is 6.08. The molecule has 1 aliphatic rings. The molecule has 1 atom stereocenters. The maximum Gasteiger partial charge on any atom is 0.329 e. The molecule has 26 heavy (non-hydrogen) atoms. The molecule has 0 N–H and O–H groups in total. The zero-order valence-electron chi connectivity index (χ0n) is 14.9. The molecule has 1 aliphatic heterocycles. The summed E-state index contributed by atoms with van der Waals surface area (Å²) in [6, 6.07) is 13.6. The summed E-state index contributed by atoms with van der Waals surface area (Å²) in [5.41, 5.74) is 0.255. The predicted octanol–water partition coefficient (Wildman–Crippen LogP) is 3.98. The summed E-state index contributed by atoms with van der Waals surface area (Å²) in [4.78, 5) is 26.9. The lowest BCUT2D eigenvalue weighted by atomic mass is 10.0. The molecule has 0 spiro atoms. The molecule has 1 unspecified atom stereocenters. The van der Waals surface area contributed by atoms with Crippen molar-refractivity contribution in [2.45, 2.75) is 39.0 Å². The van der Waals surface area contributed by atoms with Gasteiger partial charge in [-0.05, 0) is 44.5 Å². The van der Waals surface area contributed by atoms with E-state index in [9.17, 15) is 9.59 Å². The third kappa shape index (κ3) is 3.53. The number of ether oxygens (including phenoxy) is 2. The lowest BCUT2D eigenvalue weighted by Crippen LogP contribution is -2.57. The minimum absolute atomic E-state index is 0.147. The number of benzene rings is 2. The number of esters is 1. The van der Waals surface area contributed by atoms with Crippen LogP contribution in [0.1, 0.15) is 26.3 Å². The van der Waals surface area contributed by atoms with Crippen molar-refractivity contribution in [1.29, 1.82) is 0 Å². The van der Waals surface area contributed by atoms with E-state index in [0.717, 1.165) is 5.56 Å². The van der Waals surface area contributed by atoms with E-state index in [4.69, 9.17) is 21.1 Å². The van der Waals surface area contributed by atoms with Crippen LogP contribution >= 0.6 is 11.6 Å². The fraction of sp³-hybridized carbons (Fsp3) is 0.300. The first kappa shape index (κ1) is 18.3. The number of nitrogens with zero attached hydrogens (tertiary/aromatic N) is 1. The van der Waals surface area contributed by atoms with Crippen molar-refractivity contribution in [3.8, 4) is 5.75 Å². The minimum Gasteiger partial charge on any atom is -0.476 e. The van der Waals surface area contributed by atoms with Gasteiger partial charge in [-0.3, -0.25) is 9.69 Å². The lowest BCUT2D eigenvalue weighted by molar-refractivity contribution is -0.148. The Kier molecular flexibility index (Phi) is 4.92. The van der Waals surface area contributed by atoms with E-state index in [1.54, 1.807) is 39.0 Å². The van der Waals surface area contributed by atoms with Gasteiger partial charge in [0.2, 0.25) is 0 Å². The standard InChI is InChI=1S/C20H20ClNO4/c1-13(18(23)25-12-14-7-5-4-6-8-14)22-16-11-15(21)9-10-17(16)26-20(2,3)19(22)24/h4-11,13H,12H2,1-3H3. The van der Waals surface area contributed by atoms with Crippen molar-refractivity contribution in [2.24, 2.45) is 0 Å². The molecule has 136 valence electrons. The minimum atomic E-state index is -1.09. The van der Waals surface area contributed by atoms with Crippen LogP contribution in [0.3, 0.4) is 0 Å². The van der Waals surface area contributed by atoms with Crippen LogP contribution in [0.4, 0.5) is 5.69 Å². The van der Waals surface area contributed by atoms with Gasteiger partial charge in [0.15, 0.2) is 5.60 Å². The van der Waals surface area contributed by atoms with Gasteiger partial charge in [0, 0.05) is 5.02 Å². The van der Waals surface area contributed by atoms with Crippen LogP contribution in [-0.4, -0.2) is 23.5 Å². The number of carbonyl (C=O) groups excluding carboxylic acids is 2. The molecule has 1 heterocycles. The van der Waals surface area contributed by atoms with Gasteiger partial charge in [0.25, 0.3) is 5.91 Å². The molecule has 2 aromatic carbocycles. The van der Waals surface area contributed by atoms with Gasteiger partial charge in [-0.2, -0.15) is 0 Å². The molecule has 1 amide bonds. The fourth-order valence-electron chi connectivity index (χ4n) is 2.82. The average molecular weight is 374 g/mol.